The first kappa shape index (κ1) is 18.7. The van der Waals surface area contributed by atoms with Crippen LogP contribution >= 0.6 is 27.5 Å². The Bertz CT molecular complexity index is 482. The standard InChI is InChI=1S/C17H25BrClNO/c1-17(2,3)13(8-9-20)5-7-15(21)10-12-4-6-14(18)11-16(12)19/h4,6,11,13H,5,7-10,20H2,1-3H3. The van der Waals surface area contributed by atoms with Crippen LogP contribution in [0.15, 0.2) is 22.7 Å². The smallest absolute Gasteiger partial charge is 0.137 e. The molecule has 0 bridgehead atoms. The van der Waals surface area contributed by atoms with Gasteiger partial charge in [-0.3, -0.25) is 4.79 Å². The largest absolute Gasteiger partial charge is 0.330 e. The summed E-state index contributed by atoms with van der Waals surface area (Å²) >= 11 is 9.53. The first-order valence-electron chi connectivity index (χ1n) is 7.39. The number of carbonyl (C=O) groups excluding carboxylic acids is 1. The summed E-state index contributed by atoms with van der Waals surface area (Å²) in [5.74, 6) is 0.720. The third-order valence-corrected chi connectivity index (χ3v) is 4.76. The van der Waals surface area contributed by atoms with Crippen molar-refractivity contribution in [2.24, 2.45) is 17.1 Å². The van der Waals surface area contributed by atoms with Crippen molar-refractivity contribution in [3.05, 3.63) is 33.3 Å². The molecule has 0 amide bonds. The van der Waals surface area contributed by atoms with Crippen molar-refractivity contribution < 1.29 is 4.79 Å². The van der Waals surface area contributed by atoms with E-state index in [2.05, 4.69) is 36.7 Å². The van der Waals surface area contributed by atoms with E-state index in [1.807, 2.05) is 18.2 Å². The molecule has 0 saturated carbocycles. The van der Waals surface area contributed by atoms with Crippen molar-refractivity contribution >= 4 is 33.3 Å². The molecule has 0 spiro atoms. The van der Waals surface area contributed by atoms with Crippen molar-refractivity contribution in [3.63, 3.8) is 0 Å². The quantitative estimate of drug-likeness (QED) is 0.729. The van der Waals surface area contributed by atoms with Gasteiger partial charge in [0, 0.05) is 22.3 Å². The molecule has 118 valence electrons. The second-order valence-electron chi connectivity index (χ2n) is 6.63. The normalized spacial score (nSPS) is 13.2. The maximum Gasteiger partial charge on any atom is 0.137 e. The lowest BCUT2D eigenvalue weighted by Gasteiger charge is -2.30. The topological polar surface area (TPSA) is 43.1 Å². The first-order valence-corrected chi connectivity index (χ1v) is 8.57. The van der Waals surface area contributed by atoms with Crippen LogP contribution in [0.1, 0.15) is 45.6 Å². The molecule has 1 rings (SSSR count). The second-order valence-corrected chi connectivity index (χ2v) is 7.95. The molecule has 2 nitrogen and oxygen atoms in total. The van der Waals surface area contributed by atoms with Gasteiger partial charge in [-0.2, -0.15) is 0 Å². The zero-order valence-electron chi connectivity index (χ0n) is 13.1. The fraction of sp³-hybridized carbons (Fsp3) is 0.588. The Hall–Kier alpha value is -0.380. The van der Waals surface area contributed by atoms with E-state index in [9.17, 15) is 4.79 Å². The van der Waals surface area contributed by atoms with E-state index in [-0.39, 0.29) is 11.2 Å². The summed E-state index contributed by atoms with van der Waals surface area (Å²) in [6, 6.07) is 5.66. The Labute approximate surface area is 141 Å². The second kappa shape index (κ2) is 8.30. The highest BCUT2D eigenvalue weighted by Gasteiger charge is 2.24. The highest BCUT2D eigenvalue weighted by Crippen LogP contribution is 2.32. The van der Waals surface area contributed by atoms with E-state index in [0.717, 1.165) is 22.9 Å². The zero-order chi connectivity index (χ0) is 16.0. The summed E-state index contributed by atoms with van der Waals surface area (Å²) in [6.45, 7) is 7.31. The zero-order valence-corrected chi connectivity index (χ0v) is 15.4. The fourth-order valence-electron chi connectivity index (χ4n) is 2.51. The predicted molar refractivity (Wildman–Crippen MR) is 93.7 cm³/mol. The van der Waals surface area contributed by atoms with Gasteiger partial charge in [0.2, 0.25) is 0 Å². The van der Waals surface area contributed by atoms with Crippen LogP contribution in [0.2, 0.25) is 5.02 Å². The molecule has 0 fully saturated rings. The molecule has 0 aliphatic heterocycles. The molecule has 2 N–H and O–H groups in total. The van der Waals surface area contributed by atoms with Gasteiger partial charge in [-0.05, 0) is 48.4 Å². The predicted octanol–water partition coefficient (Wildman–Crippen LogP) is 5.01. The lowest BCUT2D eigenvalue weighted by molar-refractivity contribution is -0.118. The van der Waals surface area contributed by atoms with Gasteiger partial charge in [0.25, 0.3) is 0 Å². The van der Waals surface area contributed by atoms with Crippen LogP contribution in [0.25, 0.3) is 0 Å². The van der Waals surface area contributed by atoms with Gasteiger partial charge in [0.15, 0.2) is 0 Å². The number of hydrogen-bond donors (Lipinski definition) is 1. The number of carbonyl (C=O) groups is 1. The van der Waals surface area contributed by atoms with Gasteiger partial charge in [-0.15, -0.1) is 0 Å². The van der Waals surface area contributed by atoms with E-state index in [0.29, 0.717) is 30.3 Å². The van der Waals surface area contributed by atoms with E-state index in [4.69, 9.17) is 17.3 Å². The first-order chi connectivity index (χ1) is 9.74. The van der Waals surface area contributed by atoms with E-state index >= 15 is 0 Å². The Morgan fingerprint density at radius 3 is 2.52 bits per heavy atom. The number of nitrogens with two attached hydrogens (primary N) is 1. The van der Waals surface area contributed by atoms with Gasteiger partial charge in [-0.1, -0.05) is 54.4 Å². The van der Waals surface area contributed by atoms with Crippen molar-refractivity contribution in [3.8, 4) is 0 Å². The minimum Gasteiger partial charge on any atom is -0.330 e. The van der Waals surface area contributed by atoms with Crippen molar-refractivity contribution in [2.45, 2.75) is 46.5 Å². The van der Waals surface area contributed by atoms with Crippen molar-refractivity contribution in [2.75, 3.05) is 6.54 Å². The van der Waals surface area contributed by atoms with Crippen LogP contribution in [0, 0.1) is 11.3 Å². The SMILES string of the molecule is CC(C)(C)C(CCN)CCC(=O)Cc1ccc(Br)cc1Cl. The molecule has 1 unspecified atom stereocenters. The highest BCUT2D eigenvalue weighted by atomic mass is 79.9. The lowest BCUT2D eigenvalue weighted by Crippen LogP contribution is -2.24. The molecule has 0 saturated heterocycles. The van der Waals surface area contributed by atoms with Crippen LogP contribution in [-0.2, 0) is 11.2 Å². The molecule has 0 aromatic heterocycles. The minimum atomic E-state index is 0.189. The number of rotatable bonds is 7. The molecule has 1 atom stereocenters. The number of halogens is 2. The van der Waals surface area contributed by atoms with E-state index in [1.165, 1.54) is 0 Å². The van der Waals surface area contributed by atoms with Crippen LogP contribution < -0.4 is 5.73 Å². The number of benzene rings is 1. The summed E-state index contributed by atoms with van der Waals surface area (Å²) in [6.07, 6.45) is 2.86. The number of ketones is 1. The molecule has 0 aliphatic carbocycles. The molecular weight excluding hydrogens is 350 g/mol. The number of hydrogen-bond acceptors (Lipinski definition) is 2. The highest BCUT2D eigenvalue weighted by molar-refractivity contribution is 9.10. The third kappa shape index (κ3) is 6.50. The van der Waals surface area contributed by atoms with Crippen LogP contribution in [0.3, 0.4) is 0 Å². The molecule has 21 heavy (non-hydrogen) atoms. The summed E-state index contributed by atoms with van der Waals surface area (Å²) < 4.78 is 0.930. The summed E-state index contributed by atoms with van der Waals surface area (Å²) in [5, 5.41) is 0.645. The van der Waals surface area contributed by atoms with Crippen LogP contribution in [0.5, 0.6) is 0 Å². The molecule has 1 aromatic rings. The number of Topliss-reactive ketones (excluding diaryl/α,β-unsaturated/α-hetero) is 1. The van der Waals surface area contributed by atoms with Crippen LogP contribution in [-0.4, -0.2) is 12.3 Å². The van der Waals surface area contributed by atoms with Gasteiger partial charge < -0.3 is 5.73 Å². The van der Waals surface area contributed by atoms with Crippen LogP contribution in [0.4, 0.5) is 0 Å². The Morgan fingerprint density at radius 1 is 1.33 bits per heavy atom. The van der Waals surface area contributed by atoms with E-state index in [1.54, 1.807) is 0 Å². The van der Waals surface area contributed by atoms with Gasteiger partial charge in [0.1, 0.15) is 5.78 Å². The third-order valence-electron chi connectivity index (χ3n) is 3.91. The Morgan fingerprint density at radius 2 is 2.00 bits per heavy atom. The van der Waals surface area contributed by atoms with Gasteiger partial charge in [-0.25, -0.2) is 0 Å². The van der Waals surface area contributed by atoms with Crippen molar-refractivity contribution in [1.29, 1.82) is 0 Å². The average Bonchev–Trinajstić information content (AvgIpc) is 2.36. The summed E-state index contributed by atoms with van der Waals surface area (Å²) in [4.78, 5) is 12.2. The van der Waals surface area contributed by atoms with Gasteiger partial charge in [0.05, 0.1) is 0 Å². The monoisotopic (exact) mass is 373 g/mol. The molecule has 0 radical (unpaired) electrons. The molecule has 4 heteroatoms. The Balaban J connectivity index is 2.57. The maximum atomic E-state index is 12.2. The van der Waals surface area contributed by atoms with E-state index < -0.39 is 0 Å². The maximum absolute atomic E-state index is 12.2. The van der Waals surface area contributed by atoms with Gasteiger partial charge >= 0.3 is 0 Å². The summed E-state index contributed by atoms with van der Waals surface area (Å²) in [5.41, 5.74) is 6.77. The molecule has 0 heterocycles. The fourth-order valence-corrected chi connectivity index (χ4v) is 3.25. The average molecular weight is 375 g/mol. The molecule has 1 aromatic carbocycles. The molecule has 0 aliphatic rings. The molecular formula is C17H25BrClNO. The Kier molecular flexibility index (Phi) is 7.38. The summed E-state index contributed by atoms with van der Waals surface area (Å²) in [7, 11) is 0. The minimum absolute atomic E-state index is 0.189. The van der Waals surface area contributed by atoms with Crippen molar-refractivity contribution in [1.82, 2.24) is 0 Å². The lowest BCUT2D eigenvalue weighted by atomic mass is 9.76.